The van der Waals surface area contributed by atoms with Crippen molar-refractivity contribution in [1.29, 1.82) is 0 Å². The Morgan fingerprint density at radius 3 is 2.68 bits per heavy atom. The Bertz CT molecular complexity index is 688. The fourth-order valence-electron chi connectivity index (χ4n) is 2.22. The van der Waals surface area contributed by atoms with Gasteiger partial charge in [0.1, 0.15) is 0 Å². The third kappa shape index (κ3) is 3.31. The van der Waals surface area contributed by atoms with Gasteiger partial charge in [0.25, 0.3) is 0 Å². The van der Waals surface area contributed by atoms with E-state index in [4.69, 9.17) is 0 Å². The van der Waals surface area contributed by atoms with Crippen LogP contribution in [-0.2, 0) is 19.3 Å². The van der Waals surface area contributed by atoms with Gasteiger partial charge in [-0.15, -0.1) is 12.4 Å². The molecule has 118 valence electrons. The Morgan fingerprint density at radius 2 is 2.00 bits per heavy atom. The highest BCUT2D eigenvalue weighted by atomic mass is 35.5. The van der Waals surface area contributed by atoms with Gasteiger partial charge in [-0.3, -0.25) is 0 Å². The monoisotopic (exact) mass is 330 g/mol. The lowest BCUT2D eigenvalue weighted by molar-refractivity contribution is -0.137. The molecule has 0 aliphatic carbocycles. The number of rotatable bonds is 2. The highest BCUT2D eigenvalue weighted by molar-refractivity contribution is 5.85. The average molecular weight is 331 g/mol. The number of benzene rings is 1. The number of nitrogens with one attached hydrogen (secondary N) is 2. The summed E-state index contributed by atoms with van der Waals surface area (Å²) < 4.78 is 37.9. The van der Waals surface area contributed by atoms with Crippen LogP contribution in [0, 0.1) is 6.92 Å². The Labute approximate surface area is 131 Å². The first kappa shape index (κ1) is 16.5. The molecule has 0 amide bonds. The molecule has 3 rings (SSSR count). The summed E-state index contributed by atoms with van der Waals surface area (Å²) in [5.74, 6) is 0.389. The van der Waals surface area contributed by atoms with Crippen molar-refractivity contribution in [3.63, 3.8) is 0 Å². The van der Waals surface area contributed by atoms with E-state index in [-0.39, 0.29) is 12.4 Å². The highest BCUT2D eigenvalue weighted by Gasteiger charge is 2.30. The zero-order valence-electron chi connectivity index (χ0n) is 11.7. The summed E-state index contributed by atoms with van der Waals surface area (Å²) in [6.45, 7) is 3.04. The largest absolute Gasteiger partial charge is 0.416 e. The van der Waals surface area contributed by atoms with Crippen LogP contribution < -0.4 is 10.6 Å². The van der Waals surface area contributed by atoms with Crippen LogP contribution >= 0.6 is 12.4 Å². The maximum absolute atomic E-state index is 12.6. The average Bonchev–Trinajstić information content (AvgIpc) is 2.87. The molecule has 0 fully saturated rings. The third-order valence-corrected chi connectivity index (χ3v) is 3.36. The number of hydrogen-bond donors (Lipinski definition) is 2. The number of fused-ring (bicyclic) bond motifs is 1. The lowest BCUT2D eigenvalue weighted by Gasteiger charge is -2.12. The van der Waals surface area contributed by atoms with Gasteiger partial charge in [0, 0.05) is 30.5 Å². The molecule has 0 atom stereocenters. The minimum absolute atomic E-state index is 0. The van der Waals surface area contributed by atoms with Crippen LogP contribution in [0.3, 0.4) is 0 Å². The van der Waals surface area contributed by atoms with E-state index in [1.807, 2.05) is 0 Å². The zero-order valence-corrected chi connectivity index (χ0v) is 12.5. The summed E-state index contributed by atoms with van der Waals surface area (Å²) in [4.78, 5) is 8.53. The molecule has 0 saturated carbocycles. The Balaban J connectivity index is 0.00000176. The number of aryl methyl sites for hydroxylation is 1. The van der Waals surface area contributed by atoms with E-state index in [9.17, 15) is 13.2 Å². The molecule has 1 aromatic carbocycles. The van der Waals surface area contributed by atoms with Crippen LogP contribution in [0.5, 0.6) is 0 Å². The second-order valence-corrected chi connectivity index (χ2v) is 4.92. The molecule has 2 aromatic rings. The Hall–Kier alpha value is -1.86. The lowest BCUT2D eigenvalue weighted by atomic mass is 10.1. The number of alkyl halides is 3. The van der Waals surface area contributed by atoms with Crippen molar-refractivity contribution in [2.75, 3.05) is 5.32 Å². The van der Waals surface area contributed by atoms with E-state index in [1.165, 1.54) is 6.07 Å². The molecule has 0 radical (unpaired) electrons. The molecule has 1 aliphatic rings. The predicted molar refractivity (Wildman–Crippen MR) is 79.3 cm³/mol. The molecule has 2 N–H and O–H groups in total. The summed E-state index contributed by atoms with van der Waals surface area (Å²) in [6.07, 6.45) is -2.61. The molecule has 1 aliphatic heterocycles. The van der Waals surface area contributed by atoms with Crippen LogP contribution in [0.1, 0.15) is 22.4 Å². The smallest absolute Gasteiger partial charge is 0.324 e. The quantitative estimate of drug-likeness (QED) is 0.884. The van der Waals surface area contributed by atoms with Crippen LogP contribution in [0.15, 0.2) is 24.4 Å². The van der Waals surface area contributed by atoms with Crippen molar-refractivity contribution < 1.29 is 13.2 Å². The van der Waals surface area contributed by atoms with Crippen molar-refractivity contribution in [3.05, 3.63) is 46.8 Å². The first-order chi connectivity index (χ1) is 9.93. The van der Waals surface area contributed by atoms with Gasteiger partial charge in [-0.2, -0.15) is 13.2 Å². The van der Waals surface area contributed by atoms with Crippen molar-refractivity contribution in [2.45, 2.75) is 26.2 Å². The topological polar surface area (TPSA) is 49.8 Å². The molecular weight excluding hydrogens is 317 g/mol. The van der Waals surface area contributed by atoms with Crippen LogP contribution in [0.25, 0.3) is 0 Å². The van der Waals surface area contributed by atoms with Crippen molar-refractivity contribution in [1.82, 2.24) is 15.3 Å². The van der Waals surface area contributed by atoms with Crippen molar-refractivity contribution >= 4 is 24.0 Å². The molecule has 22 heavy (non-hydrogen) atoms. The van der Waals surface area contributed by atoms with Gasteiger partial charge in [0.05, 0.1) is 11.3 Å². The predicted octanol–water partition coefficient (Wildman–Crippen LogP) is 3.57. The van der Waals surface area contributed by atoms with E-state index >= 15 is 0 Å². The van der Waals surface area contributed by atoms with Crippen LogP contribution in [-0.4, -0.2) is 9.97 Å². The Morgan fingerprint density at radius 1 is 1.23 bits per heavy atom. The minimum atomic E-state index is -4.33. The maximum atomic E-state index is 12.6. The highest BCUT2D eigenvalue weighted by Crippen LogP contribution is 2.32. The molecular formula is C14H14ClF3N4. The van der Waals surface area contributed by atoms with E-state index < -0.39 is 11.7 Å². The summed E-state index contributed by atoms with van der Waals surface area (Å²) in [7, 11) is 0. The molecule has 0 unspecified atom stereocenters. The van der Waals surface area contributed by atoms with Gasteiger partial charge in [0.15, 0.2) is 0 Å². The standard InChI is InChI=1S/C14H13F3N4.ClH/c1-8-4-10(14(15,16)17)2-3-11(8)20-13-19-6-9-5-18-7-12(9)21-13;/h2-4,6,18H,5,7H2,1H3,(H,19,20,21);1H. The normalized spacial score (nSPS) is 13.5. The van der Waals surface area contributed by atoms with E-state index in [0.29, 0.717) is 23.7 Å². The fraction of sp³-hybridized carbons (Fsp3) is 0.286. The first-order valence-corrected chi connectivity index (χ1v) is 6.44. The summed E-state index contributed by atoms with van der Waals surface area (Å²) in [5, 5.41) is 6.12. The molecule has 0 spiro atoms. The van der Waals surface area contributed by atoms with Crippen molar-refractivity contribution in [3.8, 4) is 0 Å². The molecule has 0 saturated heterocycles. The van der Waals surface area contributed by atoms with Gasteiger partial charge >= 0.3 is 6.18 Å². The van der Waals surface area contributed by atoms with Gasteiger partial charge in [-0.1, -0.05) is 0 Å². The summed E-state index contributed by atoms with van der Waals surface area (Å²) >= 11 is 0. The van der Waals surface area contributed by atoms with Crippen molar-refractivity contribution in [2.24, 2.45) is 0 Å². The van der Waals surface area contributed by atoms with E-state index in [1.54, 1.807) is 13.1 Å². The zero-order chi connectivity index (χ0) is 15.0. The second kappa shape index (κ2) is 6.10. The minimum Gasteiger partial charge on any atom is -0.324 e. The molecule has 8 heteroatoms. The number of halogens is 4. The van der Waals surface area contributed by atoms with Gasteiger partial charge in [-0.05, 0) is 30.7 Å². The molecule has 4 nitrogen and oxygen atoms in total. The number of nitrogens with zero attached hydrogens (tertiary/aromatic N) is 2. The molecule has 2 heterocycles. The fourth-order valence-corrected chi connectivity index (χ4v) is 2.22. The number of hydrogen-bond acceptors (Lipinski definition) is 4. The SMILES string of the molecule is Cc1cc(C(F)(F)F)ccc1Nc1ncc2c(n1)CNC2.Cl. The summed E-state index contributed by atoms with van der Waals surface area (Å²) in [5.41, 5.74) is 2.35. The number of aromatic nitrogens is 2. The second-order valence-electron chi connectivity index (χ2n) is 4.92. The first-order valence-electron chi connectivity index (χ1n) is 6.44. The van der Waals surface area contributed by atoms with E-state index in [2.05, 4.69) is 20.6 Å². The lowest BCUT2D eigenvalue weighted by Crippen LogP contribution is -2.06. The number of anilines is 2. The third-order valence-electron chi connectivity index (χ3n) is 3.36. The Kier molecular flexibility index (Phi) is 4.58. The maximum Gasteiger partial charge on any atom is 0.416 e. The summed E-state index contributed by atoms with van der Waals surface area (Å²) in [6, 6.07) is 3.55. The molecule has 0 bridgehead atoms. The van der Waals surface area contributed by atoms with E-state index in [0.717, 1.165) is 29.9 Å². The van der Waals surface area contributed by atoms with Crippen LogP contribution in [0.4, 0.5) is 24.8 Å². The molecule has 1 aromatic heterocycles. The van der Waals surface area contributed by atoms with Gasteiger partial charge in [0.2, 0.25) is 5.95 Å². The van der Waals surface area contributed by atoms with Gasteiger partial charge in [-0.25, -0.2) is 9.97 Å². The van der Waals surface area contributed by atoms with Crippen LogP contribution in [0.2, 0.25) is 0 Å². The van der Waals surface area contributed by atoms with Gasteiger partial charge < -0.3 is 10.6 Å².